The SMILES string of the molecule is CCOC(=O)c1cc(C(C)(C)C)ccc1N. The molecule has 3 heteroatoms. The van der Waals surface area contributed by atoms with E-state index in [1.165, 1.54) is 0 Å². The van der Waals surface area contributed by atoms with E-state index in [1.54, 1.807) is 13.0 Å². The van der Waals surface area contributed by atoms with E-state index < -0.39 is 0 Å². The van der Waals surface area contributed by atoms with Crippen molar-refractivity contribution in [2.75, 3.05) is 12.3 Å². The second-order valence-corrected chi connectivity index (χ2v) is 4.77. The first-order chi connectivity index (χ1) is 7.36. The summed E-state index contributed by atoms with van der Waals surface area (Å²) in [5, 5.41) is 0. The zero-order valence-electron chi connectivity index (χ0n) is 10.3. The number of rotatable bonds is 2. The van der Waals surface area contributed by atoms with E-state index in [-0.39, 0.29) is 11.4 Å². The molecule has 0 amide bonds. The molecule has 0 heterocycles. The van der Waals surface area contributed by atoms with Gasteiger partial charge in [-0.1, -0.05) is 26.8 Å². The van der Waals surface area contributed by atoms with E-state index in [4.69, 9.17) is 10.5 Å². The molecule has 0 aliphatic rings. The summed E-state index contributed by atoms with van der Waals surface area (Å²) in [6.45, 7) is 8.41. The van der Waals surface area contributed by atoms with Crippen molar-refractivity contribution in [2.24, 2.45) is 0 Å². The van der Waals surface area contributed by atoms with Crippen LogP contribution in [-0.2, 0) is 10.2 Å². The van der Waals surface area contributed by atoms with Gasteiger partial charge in [0.15, 0.2) is 0 Å². The fraction of sp³-hybridized carbons (Fsp3) is 0.462. The minimum absolute atomic E-state index is 0.00502. The molecule has 1 aromatic rings. The number of carbonyl (C=O) groups is 1. The van der Waals surface area contributed by atoms with Gasteiger partial charge in [-0.15, -0.1) is 0 Å². The molecule has 0 radical (unpaired) electrons. The quantitative estimate of drug-likeness (QED) is 0.617. The van der Waals surface area contributed by atoms with Crippen LogP contribution in [0.3, 0.4) is 0 Å². The summed E-state index contributed by atoms with van der Waals surface area (Å²) in [5.74, 6) is -0.355. The smallest absolute Gasteiger partial charge is 0.340 e. The monoisotopic (exact) mass is 221 g/mol. The lowest BCUT2D eigenvalue weighted by molar-refractivity contribution is 0.0527. The number of anilines is 1. The normalized spacial score (nSPS) is 11.2. The molecule has 0 bridgehead atoms. The van der Waals surface area contributed by atoms with Gasteiger partial charge < -0.3 is 10.5 Å². The molecule has 0 unspecified atom stereocenters. The maximum Gasteiger partial charge on any atom is 0.340 e. The number of hydrogen-bond donors (Lipinski definition) is 1. The van der Waals surface area contributed by atoms with Crippen LogP contribution >= 0.6 is 0 Å². The third-order valence-corrected chi connectivity index (χ3v) is 2.41. The molecule has 2 N–H and O–H groups in total. The molecule has 0 aromatic heterocycles. The van der Waals surface area contributed by atoms with Gasteiger partial charge in [0.25, 0.3) is 0 Å². The molecular weight excluding hydrogens is 202 g/mol. The highest BCUT2D eigenvalue weighted by Gasteiger charge is 2.18. The van der Waals surface area contributed by atoms with Crippen LogP contribution in [0.25, 0.3) is 0 Å². The molecular formula is C13H19NO2. The number of carbonyl (C=O) groups excluding carboxylic acids is 1. The van der Waals surface area contributed by atoms with Gasteiger partial charge in [-0.3, -0.25) is 0 Å². The third-order valence-electron chi connectivity index (χ3n) is 2.41. The van der Waals surface area contributed by atoms with Crippen molar-refractivity contribution in [3.05, 3.63) is 29.3 Å². The zero-order valence-corrected chi connectivity index (χ0v) is 10.3. The predicted octanol–water partition coefficient (Wildman–Crippen LogP) is 2.74. The average molecular weight is 221 g/mol. The average Bonchev–Trinajstić information content (AvgIpc) is 2.16. The van der Waals surface area contributed by atoms with Crippen LogP contribution in [0, 0.1) is 0 Å². The first-order valence-electron chi connectivity index (χ1n) is 5.43. The van der Waals surface area contributed by atoms with Crippen molar-refractivity contribution in [2.45, 2.75) is 33.1 Å². The summed E-state index contributed by atoms with van der Waals surface area (Å²) in [4.78, 5) is 11.6. The summed E-state index contributed by atoms with van der Waals surface area (Å²) >= 11 is 0. The molecule has 0 saturated carbocycles. The highest BCUT2D eigenvalue weighted by Crippen LogP contribution is 2.25. The topological polar surface area (TPSA) is 52.3 Å². The van der Waals surface area contributed by atoms with Gasteiger partial charge in [0.05, 0.1) is 12.2 Å². The zero-order chi connectivity index (χ0) is 12.3. The Kier molecular flexibility index (Phi) is 3.58. The first-order valence-corrected chi connectivity index (χ1v) is 5.43. The van der Waals surface area contributed by atoms with E-state index >= 15 is 0 Å². The lowest BCUT2D eigenvalue weighted by Crippen LogP contribution is -2.14. The first kappa shape index (κ1) is 12.6. The van der Waals surface area contributed by atoms with E-state index in [2.05, 4.69) is 20.8 Å². The molecule has 0 spiro atoms. The molecule has 1 rings (SSSR count). The van der Waals surface area contributed by atoms with Crippen LogP contribution in [0.5, 0.6) is 0 Å². The Labute approximate surface area is 96.6 Å². The molecule has 0 saturated heterocycles. The summed E-state index contributed by atoms with van der Waals surface area (Å²) in [7, 11) is 0. The number of nitrogens with two attached hydrogens (primary N) is 1. The Balaban J connectivity index is 3.14. The lowest BCUT2D eigenvalue weighted by Gasteiger charge is -2.20. The maximum absolute atomic E-state index is 11.6. The Morgan fingerprint density at radius 3 is 2.50 bits per heavy atom. The minimum atomic E-state index is -0.355. The minimum Gasteiger partial charge on any atom is -0.462 e. The Morgan fingerprint density at radius 2 is 2.00 bits per heavy atom. The van der Waals surface area contributed by atoms with Gasteiger partial charge in [0.2, 0.25) is 0 Å². The standard InChI is InChI=1S/C13H19NO2/c1-5-16-12(15)10-8-9(13(2,3)4)6-7-11(10)14/h6-8H,5,14H2,1-4H3. The lowest BCUT2D eigenvalue weighted by atomic mass is 9.86. The van der Waals surface area contributed by atoms with Crippen LogP contribution < -0.4 is 5.73 Å². The molecule has 0 fully saturated rings. The van der Waals surface area contributed by atoms with E-state index in [9.17, 15) is 4.79 Å². The highest BCUT2D eigenvalue weighted by molar-refractivity contribution is 5.95. The Morgan fingerprint density at radius 1 is 1.38 bits per heavy atom. The van der Waals surface area contributed by atoms with Crippen LogP contribution in [-0.4, -0.2) is 12.6 Å². The van der Waals surface area contributed by atoms with Crippen molar-refractivity contribution in [1.82, 2.24) is 0 Å². The fourth-order valence-electron chi connectivity index (χ4n) is 1.41. The predicted molar refractivity (Wildman–Crippen MR) is 65.5 cm³/mol. The second-order valence-electron chi connectivity index (χ2n) is 4.77. The molecule has 16 heavy (non-hydrogen) atoms. The molecule has 88 valence electrons. The maximum atomic E-state index is 11.6. The summed E-state index contributed by atoms with van der Waals surface area (Å²) < 4.78 is 4.96. The number of esters is 1. The van der Waals surface area contributed by atoms with Gasteiger partial charge >= 0.3 is 5.97 Å². The van der Waals surface area contributed by atoms with Gasteiger partial charge in [-0.2, -0.15) is 0 Å². The number of hydrogen-bond acceptors (Lipinski definition) is 3. The van der Waals surface area contributed by atoms with Crippen molar-refractivity contribution >= 4 is 11.7 Å². The van der Waals surface area contributed by atoms with Crippen molar-refractivity contribution in [1.29, 1.82) is 0 Å². The van der Waals surface area contributed by atoms with Gasteiger partial charge in [-0.05, 0) is 30.0 Å². The molecule has 1 aromatic carbocycles. The molecule has 0 aliphatic carbocycles. The van der Waals surface area contributed by atoms with E-state index in [1.807, 2.05) is 12.1 Å². The third kappa shape index (κ3) is 2.75. The van der Waals surface area contributed by atoms with Crippen LogP contribution in [0.2, 0.25) is 0 Å². The number of ether oxygens (including phenoxy) is 1. The summed E-state index contributed by atoms with van der Waals surface area (Å²) in [6.07, 6.45) is 0. The van der Waals surface area contributed by atoms with Crippen LogP contribution in [0.4, 0.5) is 5.69 Å². The Bertz CT molecular complexity index is 391. The van der Waals surface area contributed by atoms with E-state index in [0.717, 1.165) is 5.56 Å². The van der Waals surface area contributed by atoms with Gasteiger partial charge in [-0.25, -0.2) is 4.79 Å². The molecule has 3 nitrogen and oxygen atoms in total. The largest absolute Gasteiger partial charge is 0.462 e. The van der Waals surface area contributed by atoms with Gasteiger partial charge in [0, 0.05) is 5.69 Å². The summed E-state index contributed by atoms with van der Waals surface area (Å²) in [6, 6.07) is 5.51. The molecule has 0 aliphatic heterocycles. The highest BCUT2D eigenvalue weighted by atomic mass is 16.5. The van der Waals surface area contributed by atoms with Gasteiger partial charge in [0.1, 0.15) is 0 Å². The fourth-order valence-corrected chi connectivity index (χ4v) is 1.41. The van der Waals surface area contributed by atoms with Crippen molar-refractivity contribution in [3.8, 4) is 0 Å². The number of nitrogen functional groups attached to an aromatic ring is 1. The molecule has 0 atom stereocenters. The van der Waals surface area contributed by atoms with Crippen molar-refractivity contribution in [3.63, 3.8) is 0 Å². The summed E-state index contributed by atoms with van der Waals surface area (Å²) in [5.41, 5.74) is 7.75. The second kappa shape index (κ2) is 4.56. The van der Waals surface area contributed by atoms with E-state index in [0.29, 0.717) is 17.9 Å². The van der Waals surface area contributed by atoms with Crippen LogP contribution in [0.1, 0.15) is 43.6 Å². The Hall–Kier alpha value is -1.51. The van der Waals surface area contributed by atoms with Crippen LogP contribution in [0.15, 0.2) is 18.2 Å². The number of benzene rings is 1. The van der Waals surface area contributed by atoms with Crippen molar-refractivity contribution < 1.29 is 9.53 Å².